The molecule has 4 aromatic heterocycles. The van der Waals surface area contributed by atoms with Gasteiger partial charge in [-0.2, -0.15) is 0 Å². The van der Waals surface area contributed by atoms with Gasteiger partial charge in [0.15, 0.2) is 5.58 Å². The van der Waals surface area contributed by atoms with Gasteiger partial charge in [-0.05, 0) is 62.1 Å². The molecular formula is C29H27ClN6O5. The lowest BCUT2D eigenvalue weighted by molar-refractivity contribution is -0.146. The van der Waals surface area contributed by atoms with E-state index in [-0.39, 0.29) is 47.6 Å². The molecule has 3 amide bonds. The summed E-state index contributed by atoms with van der Waals surface area (Å²) in [6.07, 6.45) is 7.41. The summed E-state index contributed by atoms with van der Waals surface area (Å²) in [5, 5.41) is 6.08. The van der Waals surface area contributed by atoms with Crippen molar-refractivity contribution in [2.75, 3.05) is 30.4 Å². The van der Waals surface area contributed by atoms with E-state index in [0.29, 0.717) is 47.8 Å². The molecule has 11 nitrogen and oxygen atoms in total. The lowest BCUT2D eigenvalue weighted by Gasteiger charge is -2.38. The van der Waals surface area contributed by atoms with Gasteiger partial charge in [-0.15, -0.1) is 0 Å². The Kier molecular flexibility index (Phi) is 7.62. The van der Waals surface area contributed by atoms with Crippen LogP contribution in [0.1, 0.15) is 36.2 Å². The molecule has 0 atom stereocenters. The van der Waals surface area contributed by atoms with Gasteiger partial charge in [0.2, 0.25) is 17.6 Å². The van der Waals surface area contributed by atoms with Crippen LogP contribution < -0.4 is 10.6 Å². The van der Waals surface area contributed by atoms with Crippen LogP contribution in [-0.4, -0.2) is 63.4 Å². The van der Waals surface area contributed by atoms with E-state index in [9.17, 15) is 14.4 Å². The van der Waals surface area contributed by atoms with Crippen molar-refractivity contribution in [1.29, 1.82) is 0 Å². The van der Waals surface area contributed by atoms with E-state index < -0.39 is 5.91 Å². The minimum absolute atomic E-state index is 0.00377. The van der Waals surface area contributed by atoms with Crippen molar-refractivity contribution in [1.82, 2.24) is 19.9 Å². The first-order chi connectivity index (χ1) is 20.0. The van der Waals surface area contributed by atoms with Gasteiger partial charge in [-0.1, -0.05) is 11.6 Å². The third kappa shape index (κ3) is 5.77. The summed E-state index contributed by atoms with van der Waals surface area (Å²) < 4.78 is 11.2. The predicted molar refractivity (Wildman–Crippen MR) is 151 cm³/mol. The lowest BCUT2D eigenvalue weighted by Crippen LogP contribution is -2.49. The van der Waals surface area contributed by atoms with E-state index in [2.05, 4.69) is 20.6 Å². The molecule has 0 aromatic carbocycles. The normalized spacial score (nSPS) is 19.2. The molecule has 0 bridgehead atoms. The smallest absolute Gasteiger partial charge is 0.294 e. The molecule has 1 saturated heterocycles. The van der Waals surface area contributed by atoms with Crippen molar-refractivity contribution in [3.05, 3.63) is 65.8 Å². The predicted octanol–water partition coefficient (Wildman–Crippen LogP) is 4.55. The van der Waals surface area contributed by atoms with Crippen molar-refractivity contribution in [3.8, 4) is 11.3 Å². The number of nitrogens with one attached hydrogen (secondary N) is 2. The fourth-order valence-electron chi connectivity index (χ4n) is 5.35. The first-order valence-corrected chi connectivity index (χ1v) is 13.8. The maximum atomic E-state index is 13.5. The molecule has 5 heterocycles. The van der Waals surface area contributed by atoms with Crippen molar-refractivity contribution >= 4 is 51.9 Å². The summed E-state index contributed by atoms with van der Waals surface area (Å²) in [6, 6.07) is 10.4. The molecule has 6 rings (SSSR count). The van der Waals surface area contributed by atoms with Crippen LogP contribution in [0.2, 0.25) is 5.02 Å². The number of aromatic nitrogens is 3. The summed E-state index contributed by atoms with van der Waals surface area (Å²) in [6.45, 7) is 1.22. The van der Waals surface area contributed by atoms with E-state index in [1.165, 1.54) is 6.20 Å². The van der Waals surface area contributed by atoms with Crippen LogP contribution in [0, 0.1) is 5.92 Å². The second-order valence-corrected chi connectivity index (χ2v) is 10.5. The molecule has 2 fully saturated rings. The number of nitrogens with zero attached hydrogens (tertiary/aromatic N) is 4. The van der Waals surface area contributed by atoms with Crippen LogP contribution >= 0.6 is 11.6 Å². The van der Waals surface area contributed by atoms with Crippen molar-refractivity contribution in [3.63, 3.8) is 0 Å². The number of pyridine rings is 3. The molecule has 210 valence electrons. The van der Waals surface area contributed by atoms with E-state index in [0.717, 1.165) is 18.4 Å². The van der Waals surface area contributed by atoms with Crippen molar-refractivity contribution in [2.45, 2.75) is 31.7 Å². The zero-order valence-corrected chi connectivity index (χ0v) is 22.8. The molecule has 0 spiro atoms. The van der Waals surface area contributed by atoms with E-state index >= 15 is 0 Å². The highest BCUT2D eigenvalue weighted by atomic mass is 35.5. The van der Waals surface area contributed by atoms with Gasteiger partial charge < -0.3 is 24.7 Å². The van der Waals surface area contributed by atoms with Crippen molar-refractivity contribution < 1.29 is 23.5 Å². The van der Waals surface area contributed by atoms with E-state index in [1.54, 1.807) is 36.7 Å². The Labute approximate surface area is 240 Å². The Morgan fingerprint density at radius 2 is 1.80 bits per heavy atom. The number of amides is 3. The zero-order valence-electron chi connectivity index (χ0n) is 22.0. The number of anilines is 2. The monoisotopic (exact) mass is 574 g/mol. The van der Waals surface area contributed by atoms with Gasteiger partial charge in [-0.25, -0.2) is 9.97 Å². The Morgan fingerprint density at radius 1 is 1.00 bits per heavy atom. The maximum absolute atomic E-state index is 13.5. The molecule has 12 heteroatoms. The fraction of sp³-hybridized carbons (Fsp3) is 0.310. The highest BCUT2D eigenvalue weighted by Gasteiger charge is 2.34. The summed E-state index contributed by atoms with van der Waals surface area (Å²) >= 11 is 5.92. The average Bonchev–Trinajstić information content (AvgIpc) is 3.36. The SMILES string of the molecule is O=C(Nc1ccc(Cl)cn1)c1oc2ccc(-c3ccncc3)nc2c1NC(=O)C1CCC(N2CCOCC2=O)CC1. The van der Waals surface area contributed by atoms with Gasteiger partial charge in [0.05, 0.1) is 17.3 Å². The maximum Gasteiger partial charge on any atom is 0.294 e. The third-order valence-corrected chi connectivity index (χ3v) is 7.69. The van der Waals surface area contributed by atoms with Crippen LogP contribution in [0.5, 0.6) is 0 Å². The van der Waals surface area contributed by atoms with Crippen LogP contribution in [0.25, 0.3) is 22.4 Å². The number of halogens is 1. The van der Waals surface area contributed by atoms with E-state index in [4.69, 9.17) is 25.7 Å². The molecule has 0 unspecified atom stereocenters. The van der Waals surface area contributed by atoms with Gasteiger partial charge in [0, 0.05) is 42.7 Å². The standard InChI is InChI=1S/C29H27ClN6O5/c30-19-3-8-23(32-15-19)34-29(39)27-26(25-22(41-27)7-6-21(33-25)17-9-11-31-12-10-17)35-28(38)18-1-4-20(5-2-18)36-13-14-40-16-24(36)37/h3,6-12,15,18,20H,1-2,4-5,13-14,16H2,(H,35,38)(H,32,34,39). The van der Waals surface area contributed by atoms with Crippen LogP contribution in [0.3, 0.4) is 0 Å². The summed E-state index contributed by atoms with van der Waals surface area (Å²) in [5.41, 5.74) is 2.36. The molecular weight excluding hydrogens is 548 g/mol. The molecule has 1 aliphatic heterocycles. The Hall–Kier alpha value is -4.35. The molecule has 0 radical (unpaired) electrons. The van der Waals surface area contributed by atoms with Crippen LogP contribution in [-0.2, 0) is 14.3 Å². The third-order valence-electron chi connectivity index (χ3n) is 7.46. The van der Waals surface area contributed by atoms with Gasteiger partial charge in [-0.3, -0.25) is 19.4 Å². The number of hydrogen-bond acceptors (Lipinski definition) is 8. The van der Waals surface area contributed by atoms with Crippen molar-refractivity contribution in [2.24, 2.45) is 5.92 Å². The number of furan rings is 1. The van der Waals surface area contributed by atoms with Crippen LogP contribution in [0.15, 0.2) is 59.4 Å². The average molecular weight is 575 g/mol. The molecule has 1 saturated carbocycles. The Morgan fingerprint density at radius 3 is 2.54 bits per heavy atom. The number of carbonyl (C=O) groups is 3. The summed E-state index contributed by atoms with van der Waals surface area (Å²) in [4.78, 5) is 53.9. The van der Waals surface area contributed by atoms with Gasteiger partial charge in [0.25, 0.3) is 5.91 Å². The number of carbonyl (C=O) groups excluding carboxylic acids is 3. The second kappa shape index (κ2) is 11.6. The minimum Gasteiger partial charge on any atom is -0.447 e. The Bertz CT molecular complexity index is 1580. The number of rotatable bonds is 6. The molecule has 41 heavy (non-hydrogen) atoms. The number of ether oxygens (including phenoxy) is 1. The van der Waals surface area contributed by atoms with Crippen LogP contribution in [0.4, 0.5) is 11.5 Å². The lowest BCUT2D eigenvalue weighted by atomic mass is 9.84. The number of morpholine rings is 1. The van der Waals surface area contributed by atoms with Gasteiger partial charge in [0.1, 0.15) is 23.6 Å². The first-order valence-electron chi connectivity index (χ1n) is 13.4. The highest BCUT2D eigenvalue weighted by molar-refractivity contribution is 6.30. The summed E-state index contributed by atoms with van der Waals surface area (Å²) in [5.74, 6) is -0.918. The fourth-order valence-corrected chi connectivity index (χ4v) is 5.46. The Balaban J connectivity index is 1.26. The molecule has 2 aliphatic rings. The summed E-state index contributed by atoms with van der Waals surface area (Å²) in [7, 11) is 0. The number of hydrogen-bond donors (Lipinski definition) is 2. The largest absolute Gasteiger partial charge is 0.447 e. The second-order valence-electron chi connectivity index (χ2n) is 10.0. The zero-order chi connectivity index (χ0) is 28.3. The minimum atomic E-state index is -0.590. The number of fused-ring (bicyclic) bond motifs is 1. The van der Waals surface area contributed by atoms with E-state index in [1.807, 2.05) is 17.0 Å². The quantitative estimate of drug-likeness (QED) is 0.342. The van der Waals surface area contributed by atoms with Gasteiger partial charge >= 0.3 is 0 Å². The molecule has 1 aliphatic carbocycles. The highest BCUT2D eigenvalue weighted by Crippen LogP contribution is 2.35. The molecule has 4 aromatic rings. The topological polar surface area (TPSA) is 140 Å². The molecule has 2 N–H and O–H groups in total. The first kappa shape index (κ1) is 26.9.